The summed E-state index contributed by atoms with van der Waals surface area (Å²) in [6, 6.07) is 6.61. The average molecular weight is 241 g/mol. The molecule has 0 spiro atoms. The molecule has 0 bridgehead atoms. The van der Waals surface area contributed by atoms with Crippen LogP contribution in [0.1, 0.15) is 12.5 Å². The monoisotopic (exact) mass is 241 g/mol. The Morgan fingerprint density at radius 1 is 1.44 bits per heavy atom. The average Bonchev–Trinajstić information content (AvgIpc) is 2.29. The Morgan fingerprint density at radius 2 is 2.06 bits per heavy atom. The highest BCUT2D eigenvalue weighted by molar-refractivity contribution is 7.99. The van der Waals surface area contributed by atoms with E-state index in [0.29, 0.717) is 0 Å². The van der Waals surface area contributed by atoms with E-state index in [4.69, 9.17) is 5.11 Å². The molecule has 0 saturated heterocycles. The number of hydrogen-bond acceptors (Lipinski definition) is 4. The van der Waals surface area contributed by atoms with E-state index >= 15 is 0 Å². The van der Waals surface area contributed by atoms with E-state index in [1.54, 1.807) is 23.9 Å². The molecule has 0 aromatic heterocycles. The van der Waals surface area contributed by atoms with E-state index in [-0.39, 0.29) is 17.5 Å². The number of aryl methyl sites for hydroxylation is 1. The molecule has 0 aliphatic carbocycles. The van der Waals surface area contributed by atoms with Crippen LogP contribution >= 0.6 is 11.8 Å². The molecule has 1 aromatic rings. The zero-order chi connectivity index (χ0) is 12.0. The number of nitro groups is 1. The molecule has 0 fully saturated rings. The second-order valence-corrected chi connectivity index (χ2v) is 5.08. The molecule has 0 aliphatic rings. The third-order valence-corrected chi connectivity index (χ3v) is 3.36. The summed E-state index contributed by atoms with van der Waals surface area (Å²) in [4.78, 5) is 10.0. The molecule has 1 unspecified atom stereocenters. The highest BCUT2D eigenvalue weighted by atomic mass is 32.2. The van der Waals surface area contributed by atoms with Gasteiger partial charge in [0.25, 0.3) is 5.69 Å². The number of thioether (sulfide) groups is 1. The van der Waals surface area contributed by atoms with Gasteiger partial charge in [-0.05, 0) is 17.7 Å². The molecule has 0 saturated carbocycles. The fourth-order valence-electron chi connectivity index (χ4n) is 1.21. The van der Waals surface area contributed by atoms with Gasteiger partial charge in [0.1, 0.15) is 0 Å². The Hall–Kier alpha value is -1.07. The number of nitro benzene ring substituents is 1. The van der Waals surface area contributed by atoms with Crippen molar-refractivity contribution in [2.45, 2.75) is 18.6 Å². The Labute approximate surface area is 98.8 Å². The van der Waals surface area contributed by atoms with Crippen LogP contribution < -0.4 is 0 Å². The molecule has 1 atom stereocenters. The standard InChI is InChI=1S/C11H15NO3S/c1-9(8-13)16-7-6-10-2-4-11(5-3-10)12(14)15/h2-5,9,13H,6-8H2,1H3. The minimum absolute atomic E-state index is 0.125. The predicted molar refractivity (Wildman–Crippen MR) is 65.8 cm³/mol. The van der Waals surface area contributed by atoms with Gasteiger partial charge in [0, 0.05) is 17.4 Å². The van der Waals surface area contributed by atoms with Crippen molar-refractivity contribution in [3.05, 3.63) is 39.9 Å². The smallest absolute Gasteiger partial charge is 0.269 e. The molecule has 1 N–H and O–H groups in total. The first-order valence-corrected chi connectivity index (χ1v) is 6.14. The van der Waals surface area contributed by atoms with Crippen LogP contribution in [0.25, 0.3) is 0 Å². The number of hydrogen-bond donors (Lipinski definition) is 1. The van der Waals surface area contributed by atoms with Crippen molar-refractivity contribution in [1.82, 2.24) is 0 Å². The molecule has 0 amide bonds. The van der Waals surface area contributed by atoms with Gasteiger partial charge in [-0.3, -0.25) is 10.1 Å². The van der Waals surface area contributed by atoms with E-state index in [1.165, 1.54) is 12.1 Å². The van der Waals surface area contributed by atoms with Gasteiger partial charge in [0.15, 0.2) is 0 Å². The maximum atomic E-state index is 10.4. The summed E-state index contributed by atoms with van der Waals surface area (Å²) in [5.41, 5.74) is 1.21. The van der Waals surface area contributed by atoms with Crippen molar-refractivity contribution in [2.75, 3.05) is 12.4 Å². The number of nitrogens with zero attached hydrogens (tertiary/aromatic N) is 1. The molecular formula is C11H15NO3S. The quantitative estimate of drug-likeness (QED) is 0.613. The number of aliphatic hydroxyl groups excluding tert-OH is 1. The van der Waals surface area contributed by atoms with Gasteiger partial charge in [0.05, 0.1) is 11.5 Å². The Balaban J connectivity index is 2.40. The van der Waals surface area contributed by atoms with Crippen LogP contribution in [0.3, 0.4) is 0 Å². The Kier molecular flexibility index (Phi) is 5.28. The van der Waals surface area contributed by atoms with Crippen LogP contribution in [0, 0.1) is 10.1 Å². The summed E-state index contributed by atoms with van der Waals surface area (Å²) < 4.78 is 0. The van der Waals surface area contributed by atoms with Crippen molar-refractivity contribution in [3.63, 3.8) is 0 Å². The molecule has 5 heteroatoms. The largest absolute Gasteiger partial charge is 0.395 e. The lowest BCUT2D eigenvalue weighted by Crippen LogP contribution is -2.04. The highest BCUT2D eigenvalue weighted by Gasteiger charge is 2.04. The van der Waals surface area contributed by atoms with Gasteiger partial charge in [-0.1, -0.05) is 19.1 Å². The van der Waals surface area contributed by atoms with Crippen molar-refractivity contribution in [1.29, 1.82) is 0 Å². The molecule has 0 heterocycles. The Bertz CT molecular complexity index is 340. The third kappa shape index (κ3) is 4.20. The lowest BCUT2D eigenvalue weighted by Gasteiger charge is -2.06. The first-order valence-electron chi connectivity index (χ1n) is 5.09. The topological polar surface area (TPSA) is 63.4 Å². The highest BCUT2D eigenvalue weighted by Crippen LogP contribution is 2.15. The van der Waals surface area contributed by atoms with Gasteiger partial charge in [-0.15, -0.1) is 0 Å². The molecule has 1 rings (SSSR count). The number of non-ortho nitro benzene ring substituents is 1. The van der Waals surface area contributed by atoms with Crippen molar-refractivity contribution >= 4 is 17.4 Å². The maximum absolute atomic E-state index is 10.4. The summed E-state index contributed by atoms with van der Waals surface area (Å²) >= 11 is 1.70. The summed E-state index contributed by atoms with van der Waals surface area (Å²) in [6.07, 6.45) is 0.868. The third-order valence-electron chi connectivity index (χ3n) is 2.20. The van der Waals surface area contributed by atoms with Crippen LogP contribution in [0.2, 0.25) is 0 Å². The van der Waals surface area contributed by atoms with Gasteiger partial charge in [0.2, 0.25) is 0 Å². The van der Waals surface area contributed by atoms with Gasteiger partial charge in [-0.25, -0.2) is 0 Å². The van der Waals surface area contributed by atoms with Crippen LogP contribution in [0.5, 0.6) is 0 Å². The van der Waals surface area contributed by atoms with E-state index < -0.39 is 4.92 Å². The van der Waals surface area contributed by atoms with E-state index in [0.717, 1.165) is 17.7 Å². The molecular weight excluding hydrogens is 226 g/mol. The summed E-state index contributed by atoms with van der Waals surface area (Å²) in [5.74, 6) is 0.916. The normalized spacial score (nSPS) is 12.4. The van der Waals surface area contributed by atoms with Gasteiger partial charge in [-0.2, -0.15) is 11.8 Å². The lowest BCUT2D eigenvalue weighted by atomic mass is 10.1. The van der Waals surface area contributed by atoms with Crippen LogP contribution in [-0.2, 0) is 6.42 Å². The van der Waals surface area contributed by atoms with Crippen molar-refractivity contribution < 1.29 is 10.0 Å². The number of benzene rings is 1. The summed E-state index contributed by atoms with van der Waals surface area (Å²) in [7, 11) is 0. The summed E-state index contributed by atoms with van der Waals surface area (Å²) in [6.45, 7) is 2.16. The molecule has 4 nitrogen and oxygen atoms in total. The second kappa shape index (κ2) is 6.50. The summed E-state index contributed by atoms with van der Waals surface area (Å²) in [5, 5.41) is 19.5. The van der Waals surface area contributed by atoms with Gasteiger partial charge >= 0.3 is 0 Å². The molecule has 1 aromatic carbocycles. The van der Waals surface area contributed by atoms with Gasteiger partial charge < -0.3 is 5.11 Å². The maximum Gasteiger partial charge on any atom is 0.269 e. The predicted octanol–water partition coefficient (Wildman–Crippen LogP) is 2.25. The van der Waals surface area contributed by atoms with E-state index in [2.05, 4.69) is 0 Å². The van der Waals surface area contributed by atoms with Crippen molar-refractivity contribution in [3.8, 4) is 0 Å². The zero-order valence-corrected chi connectivity index (χ0v) is 9.94. The zero-order valence-electron chi connectivity index (χ0n) is 9.13. The fourth-order valence-corrected chi connectivity index (χ4v) is 2.08. The molecule has 16 heavy (non-hydrogen) atoms. The Morgan fingerprint density at radius 3 is 2.56 bits per heavy atom. The SMILES string of the molecule is CC(CO)SCCc1ccc([N+](=O)[O-])cc1. The van der Waals surface area contributed by atoms with E-state index in [9.17, 15) is 10.1 Å². The fraction of sp³-hybridized carbons (Fsp3) is 0.455. The molecule has 0 aliphatic heterocycles. The molecule has 0 radical (unpaired) electrons. The minimum atomic E-state index is -0.396. The number of rotatable bonds is 6. The first-order chi connectivity index (χ1) is 7.63. The van der Waals surface area contributed by atoms with Crippen LogP contribution in [0.4, 0.5) is 5.69 Å². The first kappa shape index (κ1) is 13.0. The van der Waals surface area contributed by atoms with Crippen LogP contribution in [-0.4, -0.2) is 27.6 Å². The van der Waals surface area contributed by atoms with E-state index in [1.807, 2.05) is 6.92 Å². The minimum Gasteiger partial charge on any atom is -0.395 e. The second-order valence-electron chi connectivity index (χ2n) is 3.54. The van der Waals surface area contributed by atoms with Crippen LogP contribution in [0.15, 0.2) is 24.3 Å². The number of aliphatic hydroxyl groups is 1. The lowest BCUT2D eigenvalue weighted by molar-refractivity contribution is -0.384. The molecule has 88 valence electrons. The van der Waals surface area contributed by atoms with Crippen molar-refractivity contribution in [2.24, 2.45) is 0 Å².